The van der Waals surface area contributed by atoms with Crippen LogP contribution in [0.4, 0.5) is 17.6 Å². The number of hydrogen-bond donors (Lipinski definition) is 1. The predicted molar refractivity (Wildman–Crippen MR) is 98.6 cm³/mol. The quantitative estimate of drug-likeness (QED) is 0.783. The van der Waals surface area contributed by atoms with Crippen LogP contribution in [-0.2, 0) is 17.4 Å². The van der Waals surface area contributed by atoms with Gasteiger partial charge in [0.05, 0.1) is 12.0 Å². The lowest BCUT2D eigenvalue weighted by molar-refractivity contribution is -0.137. The van der Waals surface area contributed by atoms with E-state index in [-0.39, 0.29) is 35.7 Å². The second kappa shape index (κ2) is 8.63. The molecule has 29 heavy (non-hydrogen) atoms. The number of rotatable bonds is 4. The van der Waals surface area contributed by atoms with Crippen molar-refractivity contribution in [2.24, 2.45) is 0 Å². The molecule has 8 heteroatoms. The second-order valence-electron chi connectivity index (χ2n) is 7.01. The Bertz CT molecular complexity index is 856. The van der Waals surface area contributed by atoms with Gasteiger partial charge in [0.15, 0.2) is 0 Å². The van der Waals surface area contributed by atoms with Crippen molar-refractivity contribution in [1.82, 2.24) is 10.2 Å². The molecule has 1 saturated heterocycles. The minimum Gasteiger partial charge on any atom is -0.353 e. The van der Waals surface area contributed by atoms with Crippen molar-refractivity contribution in [3.8, 4) is 0 Å². The molecular formula is C21H20F4N2O2. The van der Waals surface area contributed by atoms with Crippen LogP contribution in [0.3, 0.4) is 0 Å². The second-order valence-corrected chi connectivity index (χ2v) is 7.01. The molecule has 1 aliphatic heterocycles. The maximum Gasteiger partial charge on any atom is 0.416 e. The molecule has 154 valence electrons. The van der Waals surface area contributed by atoms with Gasteiger partial charge in [-0.05, 0) is 54.8 Å². The Morgan fingerprint density at radius 1 is 0.966 bits per heavy atom. The number of likely N-dealkylation sites (tertiary alicyclic amines) is 1. The third-order valence-corrected chi connectivity index (χ3v) is 4.88. The molecule has 1 aliphatic rings. The number of amides is 2. The van der Waals surface area contributed by atoms with Gasteiger partial charge in [-0.25, -0.2) is 4.39 Å². The van der Waals surface area contributed by atoms with Crippen LogP contribution in [0, 0.1) is 5.82 Å². The first-order valence-corrected chi connectivity index (χ1v) is 9.23. The van der Waals surface area contributed by atoms with E-state index in [1.54, 1.807) is 17.0 Å². The smallest absolute Gasteiger partial charge is 0.353 e. The number of halogens is 4. The molecule has 2 aromatic carbocycles. The first kappa shape index (κ1) is 20.8. The summed E-state index contributed by atoms with van der Waals surface area (Å²) in [5.74, 6) is -0.863. The third-order valence-electron chi connectivity index (χ3n) is 4.88. The summed E-state index contributed by atoms with van der Waals surface area (Å²) >= 11 is 0. The molecule has 0 unspecified atom stereocenters. The molecule has 4 nitrogen and oxygen atoms in total. The highest BCUT2D eigenvalue weighted by Crippen LogP contribution is 2.29. The van der Waals surface area contributed by atoms with Crippen LogP contribution in [0.15, 0.2) is 48.5 Å². The number of carbonyl (C=O) groups is 2. The summed E-state index contributed by atoms with van der Waals surface area (Å²) < 4.78 is 50.8. The molecule has 1 heterocycles. The van der Waals surface area contributed by atoms with E-state index in [1.165, 1.54) is 24.3 Å². The summed E-state index contributed by atoms with van der Waals surface area (Å²) in [6, 6.07) is 9.79. The number of carbonyl (C=O) groups excluding carboxylic acids is 2. The Balaban J connectivity index is 1.49. The molecule has 2 aromatic rings. The van der Waals surface area contributed by atoms with Crippen LogP contribution < -0.4 is 5.32 Å². The number of piperidine rings is 1. The fraction of sp³-hybridized carbons (Fsp3) is 0.333. The molecule has 0 bridgehead atoms. The molecule has 2 amide bonds. The van der Waals surface area contributed by atoms with Gasteiger partial charge in [-0.3, -0.25) is 9.59 Å². The van der Waals surface area contributed by atoms with Crippen molar-refractivity contribution in [2.75, 3.05) is 13.1 Å². The lowest BCUT2D eigenvalue weighted by atomic mass is 10.0. The van der Waals surface area contributed by atoms with Crippen molar-refractivity contribution in [1.29, 1.82) is 0 Å². The molecular weight excluding hydrogens is 388 g/mol. The first-order chi connectivity index (χ1) is 13.7. The van der Waals surface area contributed by atoms with Crippen molar-refractivity contribution in [3.63, 3.8) is 0 Å². The van der Waals surface area contributed by atoms with Gasteiger partial charge >= 0.3 is 6.18 Å². The van der Waals surface area contributed by atoms with E-state index in [9.17, 15) is 27.2 Å². The van der Waals surface area contributed by atoms with E-state index in [0.717, 1.165) is 12.1 Å². The number of alkyl halides is 3. The van der Waals surface area contributed by atoms with Gasteiger partial charge in [-0.1, -0.05) is 12.1 Å². The fourth-order valence-corrected chi connectivity index (χ4v) is 3.28. The average Bonchev–Trinajstić information content (AvgIpc) is 2.69. The Morgan fingerprint density at radius 3 is 2.10 bits per heavy atom. The first-order valence-electron chi connectivity index (χ1n) is 9.23. The third kappa shape index (κ3) is 5.56. The lowest BCUT2D eigenvalue weighted by Crippen LogP contribution is -2.46. The number of nitrogens with zero attached hydrogens (tertiary/aromatic N) is 1. The molecule has 3 rings (SSSR count). The number of nitrogens with one attached hydrogen (secondary N) is 1. The van der Waals surface area contributed by atoms with Crippen molar-refractivity contribution < 1.29 is 27.2 Å². The highest BCUT2D eigenvalue weighted by Gasteiger charge is 2.31. The standard InChI is InChI=1S/C21H20F4N2O2/c22-17-7-1-14(2-8-17)13-19(28)26-18-9-11-27(12-10-18)20(29)15-3-5-16(6-4-15)21(23,24)25/h1-8,18H,9-13H2,(H,26,28). The highest BCUT2D eigenvalue weighted by atomic mass is 19.4. The van der Waals surface area contributed by atoms with Crippen LogP contribution in [0.25, 0.3) is 0 Å². The zero-order chi connectivity index (χ0) is 21.0. The maximum atomic E-state index is 12.9. The Labute approximate surface area is 165 Å². The minimum absolute atomic E-state index is 0.0837. The normalized spacial score (nSPS) is 15.2. The monoisotopic (exact) mass is 408 g/mol. The van der Waals surface area contributed by atoms with Crippen LogP contribution in [0.2, 0.25) is 0 Å². The number of hydrogen-bond acceptors (Lipinski definition) is 2. The summed E-state index contributed by atoms with van der Waals surface area (Å²) in [5.41, 5.74) is 0.118. The Kier molecular flexibility index (Phi) is 6.20. The highest BCUT2D eigenvalue weighted by molar-refractivity contribution is 5.94. The molecule has 0 radical (unpaired) electrons. The van der Waals surface area contributed by atoms with E-state index in [2.05, 4.69) is 5.32 Å². The topological polar surface area (TPSA) is 49.4 Å². The summed E-state index contributed by atoms with van der Waals surface area (Å²) in [6.45, 7) is 0.808. The van der Waals surface area contributed by atoms with Crippen LogP contribution in [-0.4, -0.2) is 35.8 Å². The molecule has 0 aromatic heterocycles. The lowest BCUT2D eigenvalue weighted by Gasteiger charge is -2.32. The summed E-state index contributed by atoms with van der Waals surface area (Å²) in [4.78, 5) is 26.2. The number of benzene rings is 2. The average molecular weight is 408 g/mol. The molecule has 1 N–H and O–H groups in total. The van der Waals surface area contributed by atoms with Gasteiger partial charge in [0.25, 0.3) is 5.91 Å². The van der Waals surface area contributed by atoms with Gasteiger partial charge in [0.2, 0.25) is 5.91 Å². The van der Waals surface area contributed by atoms with E-state index in [0.29, 0.717) is 31.5 Å². The molecule has 0 spiro atoms. The molecule has 0 aliphatic carbocycles. The van der Waals surface area contributed by atoms with Crippen molar-refractivity contribution in [2.45, 2.75) is 31.5 Å². The van der Waals surface area contributed by atoms with E-state index in [4.69, 9.17) is 0 Å². The van der Waals surface area contributed by atoms with E-state index in [1.807, 2.05) is 0 Å². The Morgan fingerprint density at radius 2 is 1.55 bits per heavy atom. The van der Waals surface area contributed by atoms with Gasteiger partial charge in [-0.2, -0.15) is 13.2 Å². The predicted octanol–water partition coefficient (Wildman–Crippen LogP) is 3.81. The molecule has 1 fully saturated rings. The van der Waals surface area contributed by atoms with Crippen LogP contribution in [0.5, 0.6) is 0 Å². The minimum atomic E-state index is -4.44. The van der Waals surface area contributed by atoms with Crippen LogP contribution >= 0.6 is 0 Å². The summed E-state index contributed by atoms with van der Waals surface area (Å²) in [7, 11) is 0. The van der Waals surface area contributed by atoms with Gasteiger partial charge in [0.1, 0.15) is 5.82 Å². The summed E-state index contributed by atoms with van der Waals surface area (Å²) in [6.07, 6.45) is -3.18. The fourth-order valence-electron chi connectivity index (χ4n) is 3.28. The van der Waals surface area contributed by atoms with Gasteiger partial charge < -0.3 is 10.2 Å². The molecule has 0 atom stereocenters. The Hall–Kier alpha value is -2.90. The van der Waals surface area contributed by atoms with Crippen LogP contribution in [0.1, 0.15) is 34.3 Å². The largest absolute Gasteiger partial charge is 0.416 e. The van der Waals surface area contributed by atoms with Crippen molar-refractivity contribution >= 4 is 11.8 Å². The SMILES string of the molecule is O=C(Cc1ccc(F)cc1)NC1CCN(C(=O)c2ccc(C(F)(F)F)cc2)CC1. The summed E-state index contributed by atoms with van der Waals surface area (Å²) in [5, 5.41) is 2.91. The maximum absolute atomic E-state index is 12.9. The van der Waals surface area contributed by atoms with Gasteiger partial charge in [-0.15, -0.1) is 0 Å². The van der Waals surface area contributed by atoms with E-state index < -0.39 is 11.7 Å². The molecule has 0 saturated carbocycles. The zero-order valence-corrected chi connectivity index (χ0v) is 15.5. The van der Waals surface area contributed by atoms with Crippen molar-refractivity contribution in [3.05, 3.63) is 71.0 Å². The van der Waals surface area contributed by atoms with Gasteiger partial charge in [0, 0.05) is 24.7 Å². The van der Waals surface area contributed by atoms with E-state index >= 15 is 0 Å². The zero-order valence-electron chi connectivity index (χ0n) is 15.5.